The van der Waals surface area contributed by atoms with Crippen molar-refractivity contribution >= 4 is 23.6 Å². The van der Waals surface area contributed by atoms with Crippen molar-refractivity contribution in [2.45, 2.75) is 24.5 Å². The quantitative estimate of drug-likeness (QED) is 0.339. The van der Waals surface area contributed by atoms with E-state index in [1.165, 1.54) is 17.3 Å². The van der Waals surface area contributed by atoms with Crippen LogP contribution >= 0.6 is 11.8 Å². The Morgan fingerprint density at radius 2 is 1.51 bits per heavy atom. The normalized spacial score (nSPS) is 10.7. The molecule has 8 heteroatoms. The SMILES string of the molecule is COc1ccc(-c2nnc(SCC(=O)NC(=O)Cc3ccccc3)n2CCc2ccccc2)cc1. The number of aryl methyl sites for hydroxylation is 1. The third kappa shape index (κ3) is 6.80. The van der Waals surface area contributed by atoms with Crippen molar-refractivity contribution in [3.05, 3.63) is 96.1 Å². The summed E-state index contributed by atoms with van der Waals surface area (Å²) in [5.74, 6) is 0.847. The fraction of sp³-hybridized carbons (Fsp3) is 0.185. The molecule has 0 bridgehead atoms. The number of imide groups is 1. The summed E-state index contributed by atoms with van der Waals surface area (Å²) in [5, 5.41) is 11.8. The van der Waals surface area contributed by atoms with Gasteiger partial charge in [0.15, 0.2) is 11.0 Å². The van der Waals surface area contributed by atoms with Gasteiger partial charge in [-0.15, -0.1) is 10.2 Å². The zero-order chi connectivity index (χ0) is 24.5. The number of carbonyl (C=O) groups is 2. The lowest BCUT2D eigenvalue weighted by atomic mass is 10.1. The predicted octanol–water partition coefficient (Wildman–Crippen LogP) is 4.17. The number of benzene rings is 3. The van der Waals surface area contributed by atoms with Crippen LogP contribution in [0.2, 0.25) is 0 Å². The topological polar surface area (TPSA) is 86.1 Å². The Labute approximate surface area is 208 Å². The Balaban J connectivity index is 1.45. The molecule has 178 valence electrons. The van der Waals surface area contributed by atoms with Gasteiger partial charge in [-0.2, -0.15) is 0 Å². The van der Waals surface area contributed by atoms with Gasteiger partial charge in [-0.25, -0.2) is 0 Å². The lowest BCUT2D eigenvalue weighted by Gasteiger charge is -2.11. The fourth-order valence-electron chi connectivity index (χ4n) is 3.58. The minimum absolute atomic E-state index is 0.0621. The summed E-state index contributed by atoms with van der Waals surface area (Å²) in [6.07, 6.45) is 0.948. The molecule has 1 aromatic heterocycles. The second kappa shape index (κ2) is 12.0. The monoisotopic (exact) mass is 486 g/mol. The molecule has 0 aliphatic carbocycles. The summed E-state index contributed by atoms with van der Waals surface area (Å²) < 4.78 is 7.27. The first-order chi connectivity index (χ1) is 17.1. The zero-order valence-electron chi connectivity index (χ0n) is 19.4. The van der Waals surface area contributed by atoms with Crippen molar-refractivity contribution < 1.29 is 14.3 Å². The van der Waals surface area contributed by atoms with Gasteiger partial charge in [-0.3, -0.25) is 14.9 Å². The molecule has 0 radical (unpaired) electrons. The summed E-state index contributed by atoms with van der Waals surface area (Å²) in [6, 6.07) is 27.1. The van der Waals surface area contributed by atoms with Crippen molar-refractivity contribution in [3.63, 3.8) is 0 Å². The fourth-order valence-corrected chi connectivity index (χ4v) is 4.35. The first kappa shape index (κ1) is 24.2. The van der Waals surface area contributed by atoms with Gasteiger partial charge in [0.1, 0.15) is 5.75 Å². The highest BCUT2D eigenvalue weighted by Crippen LogP contribution is 2.26. The number of nitrogens with zero attached hydrogens (tertiary/aromatic N) is 3. The number of hydrogen-bond donors (Lipinski definition) is 1. The van der Waals surface area contributed by atoms with Crippen molar-refractivity contribution in [3.8, 4) is 17.1 Å². The molecule has 0 saturated carbocycles. The van der Waals surface area contributed by atoms with Crippen molar-refractivity contribution in [1.82, 2.24) is 20.1 Å². The Morgan fingerprint density at radius 1 is 0.857 bits per heavy atom. The van der Waals surface area contributed by atoms with E-state index in [9.17, 15) is 9.59 Å². The number of ether oxygens (including phenoxy) is 1. The largest absolute Gasteiger partial charge is 0.497 e. The second-order valence-electron chi connectivity index (χ2n) is 7.84. The van der Waals surface area contributed by atoms with Gasteiger partial charge in [-0.1, -0.05) is 72.4 Å². The van der Waals surface area contributed by atoms with E-state index in [-0.39, 0.29) is 24.0 Å². The summed E-state index contributed by atoms with van der Waals surface area (Å²) in [4.78, 5) is 24.6. The van der Waals surface area contributed by atoms with E-state index in [0.717, 1.165) is 23.3 Å². The maximum atomic E-state index is 12.4. The Morgan fingerprint density at radius 3 is 2.17 bits per heavy atom. The van der Waals surface area contributed by atoms with E-state index < -0.39 is 0 Å². The van der Waals surface area contributed by atoms with Crippen LogP contribution in [0.1, 0.15) is 11.1 Å². The highest BCUT2D eigenvalue weighted by molar-refractivity contribution is 7.99. The third-order valence-electron chi connectivity index (χ3n) is 5.35. The zero-order valence-corrected chi connectivity index (χ0v) is 20.2. The van der Waals surface area contributed by atoms with Gasteiger partial charge >= 0.3 is 0 Å². The summed E-state index contributed by atoms with van der Waals surface area (Å²) in [7, 11) is 1.63. The average molecular weight is 487 g/mol. The molecule has 0 spiro atoms. The molecule has 0 aliphatic heterocycles. The van der Waals surface area contributed by atoms with Crippen LogP contribution < -0.4 is 10.1 Å². The molecule has 0 saturated heterocycles. The number of methoxy groups -OCH3 is 1. The Kier molecular flexibility index (Phi) is 8.30. The summed E-state index contributed by atoms with van der Waals surface area (Å²) in [6.45, 7) is 0.648. The molecule has 1 heterocycles. The maximum Gasteiger partial charge on any atom is 0.237 e. The van der Waals surface area contributed by atoms with Crippen LogP contribution in [0.3, 0.4) is 0 Å². The lowest BCUT2D eigenvalue weighted by molar-refractivity contribution is -0.128. The van der Waals surface area contributed by atoms with Crippen LogP contribution in [-0.4, -0.2) is 39.4 Å². The summed E-state index contributed by atoms with van der Waals surface area (Å²) >= 11 is 1.26. The van der Waals surface area contributed by atoms with Crippen molar-refractivity contribution in [2.75, 3.05) is 12.9 Å². The molecule has 0 atom stereocenters. The van der Waals surface area contributed by atoms with Gasteiger partial charge in [-0.05, 0) is 41.8 Å². The highest BCUT2D eigenvalue weighted by Gasteiger charge is 2.17. The standard InChI is InChI=1S/C27H26N4O3S/c1-34-23-14-12-22(13-15-23)26-29-30-27(31(26)17-16-20-8-4-2-5-9-20)35-19-25(33)28-24(32)18-21-10-6-3-7-11-21/h2-15H,16-19H2,1H3,(H,28,32,33). The average Bonchev–Trinajstić information content (AvgIpc) is 3.30. The number of rotatable bonds is 10. The molecular weight excluding hydrogens is 460 g/mol. The number of aromatic nitrogens is 3. The molecule has 3 aromatic carbocycles. The molecule has 0 fully saturated rings. The van der Waals surface area contributed by atoms with Gasteiger partial charge in [0.2, 0.25) is 11.8 Å². The van der Waals surface area contributed by atoms with Gasteiger partial charge < -0.3 is 9.30 Å². The predicted molar refractivity (Wildman–Crippen MR) is 136 cm³/mol. The minimum atomic E-state index is -0.362. The van der Waals surface area contributed by atoms with Gasteiger partial charge in [0, 0.05) is 12.1 Å². The van der Waals surface area contributed by atoms with Crippen LogP contribution in [0.4, 0.5) is 0 Å². The number of amides is 2. The molecule has 7 nitrogen and oxygen atoms in total. The number of carbonyl (C=O) groups excluding carboxylic acids is 2. The molecule has 1 N–H and O–H groups in total. The van der Waals surface area contributed by atoms with E-state index in [0.29, 0.717) is 17.5 Å². The minimum Gasteiger partial charge on any atom is -0.497 e. The van der Waals surface area contributed by atoms with Crippen molar-refractivity contribution in [2.24, 2.45) is 0 Å². The van der Waals surface area contributed by atoms with E-state index >= 15 is 0 Å². The van der Waals surface area contributed by atoms with Crippen LogP contribution in [0, 0.1) is 0 Å². The highest BCUT2D eigenvalue weighted by atomic mass is 32.2. The first-order valence-corrected chi connectivity index (χ1v) is 12.2. The van der Waals surface area contributed by atoms with Crippen LogP contribution in [0.25, 0.3) is 11.4 Å². The van der Waals surface area contributed by atoms with E-state index in [4.69, 9.17) is 4.74 Å². The molecule has 4 rings (SSSR count). The first-order valence-electron chi connectivity index (χ1n) is 11.2. The van der Waals surface area contributed by atoms with Crippen LogP contribution in [-0.2, 0) is 29.0 Å². The van der Waals surface area contributed by atoms with Crippen molar-refractivity contribution in [1.29, 1.82) is 0 Å². The number of nitrogens with one attached hydrogen (secondary N) is 1. The molecule has 35 heavy (non-hydrogen) atoms. The number of hydrogen-bond acceptors (Lipinski definition) is 6. The van der Waals surface area contributed by atoms with Crippen LogP contribution in [0.15, 0.2) is 90.1 Å². The molecule has 4 aromatic rings. The molecule has 0 unspecified atom stereocenters. The third-order valence-corrected chi connectivity index (χ3v) is 6.32. The second-order valence-corrected chi connectivity index (χ2v) is 8.79. The van der Waals surface area contributed by atoms with Gasteiger partial charge in [0.25, 0.3) is 0 Å². The maximum absolute atomic E-state index is 12.4. The molecular formula is C27H26N4O3S. The smallest absolute Gasteiger partial charge is 0.237 e. The lowest BCUT2D eigenvalue weighted by Crippen LogP contribution is -2.33. The van der Waals surface area contributed by atoms with Crippen LogP contribution in [0.5, 0.6) is 5.75 Å². The van der Waals surface area contributed by atoms with Gasteiger partial charge in [0.05, 0.1) is 19.3 Å². The molecule has 0 aliphatic rings. The Bertz CT molecular complexity index is 1260. The molecule has 2 amide bonds. The van der Waals surface area contributed by atoms with E-state index in [1.54, 1.807) is 7.11 Å². The number of thioether (sulfide) groups is 1. The summed E-state index contributed by atoms with van der Waals surface area (Å²) in [5.41, 5.74) is 2.96. The van der Waals surface area contributed by atoms with E-state index in [1.807, 2.05) is 77.4 Å². The van der Waals surface area contributed by atoms with E-state index in [2.05, 4.69) is 27.6 Å². The Hall–Kier alpha value is -3.91.